The van der Waals surface area contributed by atoms with Crippen LogP contribution in [0.3, 0.4) is 0 Å². The van der Waals surface area contributed by atoms with Crippen LogP contribution in [0.4, 0.5) is 0 Å². The zero-order valence-electron chi connectivity index (χ0n) is 12.1. The molecule has 21 heavy (non-hydrogen) atoms. The van der Waals surface area contributed by atoms with Crippen molar-refractivity contribution < 1.29 is 14.6 Å². The number of rotatable bonds is 6. The molecule has 0 aromatic heterocycles. The lowest BCUT2D eigenvalue weighted by Crippen LogP contribution is -2.42. The van der Waals surface area contributed by atoms with E-state index in [4.69, 9.17) is 16.3 Å². The minimum absolute atomic E-state index is 0.0225. The van der Waals surface area contributed by atoms with E-state index >= 15 is 0 Å². The first-order valence-corrected chi connectivity index (χ1v) is 7.49. The number of β-amino-alcohol motifs (C(OH)–C–C–N with tert-alkyl or cyclic N) is 1. The molecule has 0 saturated carbocycles. The molecule has 0 bridgehead atoms. The van der Waals surface area contributed by atoms with E-state index in [2.05, 4.69) is 5.32 Å². The lowest BCUT2D eigenvalue weighted by atomic mass is 10.2. The predicted molar refractivity (Wildman–Crippen MR) is 81.6 cm³/mol. The van der Waals surface area contributed by atoms with Crippen molar-refractivity contribution in [3.8, 4) is 5.75 Å². The molecule has 1 amide bonds. The third-order valence-corrected chi connectivity index (χ3v) is 3.72. The van der Waals surface area contributed by atoms with Crippen molar-refractivity contribution in [3.05, 3.63) is 29.3 Å². The number of aliphatic hydroxyl groups is 1. The van der Waals surface area contributed by atoms with Crippen LogP contribution in [-0.2, 0) is 4.79 Å². The largest absolute Gasteiger partial charge is 0.493 e. The number of halogens is 1. The number of nitrogens with zero attached hydrogens (tertiary/aromatic N) is 1. The Morgan fingerprint density at radius 2 is 2.38 bits per heavy atom. The summed E-state index contributed by atoms with van der Waals surface area (Å²) < 4.78 is 5.58. The van der Waals surface area contributed by atoms with Crippen molar-refractivity contribution in [3.63, 3.8) is 0 Å². The summed E-state index contributed by atoms with van der Waals surface area (Å²) in [6.45, 7) is 1.63. The van der Waals surface area contributed by atoms with Gasteiger partial charge in [-0.3, -0.25) is 4.79 Å². The summed E-state index contributed by atoms with van der Waals surface area (Å²) in [4.78, 5) is 13.8. The Morgan fingerprint density at radius 1 is 1.57 bits per heavy atom. The first-order chi connectivity index (χ1) is 10.1. The number of amides is 1. The van der Waals surface area contributed by atoms with Crippen molar-refractivity contribution in [2.45, 2.75) is 25.0 Å². The maximum absolute atomic E-state index is 12.1. The van der Waals surface area contributed by atoms with E-state index in [9.17, 15) is 9.90 Å². The summed E-state index contributed by atoms with van der Waals surface area (Å²) in [5, 5.41) is 13.1. The number of ether oxygens (including phenoxy) is 1. The van der Waals surface area contributed by atoms with Crippen LogP contribution in [0.15, 0.2) is 24.3 Å². The number of hydrogen-bond acceptors (Lipinski definition) is 4. The van der Waals surface area contributed by atoms with Crippen molar-refractivity contribution in [1.29, 1.82) is 0 Å². The average molecular weight is 313 g/mol. The van der Waals surface area contributed by atoms with Crippen molar-refractivity contribution in [1.82, 2.24) is 10.2 Å². The van der Waals surface area contributed by atoms with E-state index in [1.165, 1.54) is 0 Å². The molecular weight excluding hydrogens is 292 g/mol. The summed E-state index contributed by atoms with van der Waals surface area (Å²) in [7, 11) is 1.77. The van der Waals surface area contributed by atoms with Gasteiger partial charge in [0.15, 0.2) is 0 Å². The fourth-order valence-electron chi connectivity index (χ4n) is 2.33. The van der Waals surface area contributed by atoms with Crippen molar-refractivity contribution in [2.24, 2.45) is 0 Å². The zero-order chi connectivity index (χ0) is 15.2. The Bertz CT molecular complexity index is 484. The highest BCUT2D eigenvalue weighted by Crippen LogP contribution is 2.17. The van der Waals surface area contributed by atoms with Gasteiger partial charge in [0.1, 0.15) is 5.75 Å². The first-order valence-electron chi connectivity index (χ1n) is 7.11. The molecule has 1 aliphatic rings. The second kappa shape index (κ2) is 7.64. The van der Waals surface area contributed by atoms with E-state index in [1.54, 1.807) is 24.1 Å². The van der Waals surface area contributed by atoms with Crippen LogP contribution in [-0.4, -0.2) is 54.8 Å². The van der Waals surface area contributed by atoms with Crippen LogP contribution in [0, 0.1) is 0 Å². The van der Waals surface area contributed by atoms with E-state index in [0.717, 1.165) is 12.2 Å². The smallest absolute Gasteiger partial charge is 0.239 e. The lowest BCUT2D eigenvalue weighted by Gasteiger charge is -2.21. The van der Waals surface area contributed by atoms with Gasteiger partial charge in [-0.05, 0) is 31.0 Å². The maximum Gasteiger partial charge on any atom is 0.239 e. The van der Waals surface area contributed by atoms with E-state index in [1.807, 2.05) is 12.1 Å². The molecule has 2 rings (SSSR count). The molecule has 0 spiro atoms. The highest BCUT2D eigenvalue weighted by molar-refractivity contribution is 6.30. The van der Waals surface area contributed by atoms with Crippen molar-refractivity contribution in [2.75, 3.05) is 26.7 Å². The van der Waals surface area contributed by atoms with Gasteiger partial charge < -0.3 is 20.1 Å². The SMILES string of the molecule is CN(CCCOc1cccc(Cl)c1)C(=O)C1CC(O)CN1. The van der Waals surface area contributed by atoms with Crippen LogP contribution < -0.4 is 10.1 Å². The topological polar surface area (TPSA) is 61.8 Å². The third-order valence-electron chi connectivity index (χ3n) is 3.48. The van der Waals surface area contributed by atoms with Gasteiger partial charge >= 0.3 is 0 Å². The van der Waals surface area contributed by atoms with Gasteiger partial charge in [0, 0.05) is 25.2 Å². The number of benzene rings is 1. The molecule has 1 fully saturated rings. The second-order valence-electron chi connectivity index (χ2n) is 5.27. The van der Waals surface area contributed by atoms with Crippen molar-refractivity contribution >= 4 is 17.5 Å². The van der Waals surface area contributed by atoms with Gasteiger partial charge in [-0.2, -0.15) is 0 Å². The summed E-state index contributed by atoms with van der Waals surface area (Å²) in [5.74, 6) is 0.756. The fourth-order valence-corrected chi connectivity index (χ4v) is 2.51. The Labute approximate surface area is 129 Å². The average Bonchev–Trinajstić information content (AvgIpc) is 2.89. The Kier molecular flexibility index (Phi) is 5.85. The second-order valence-corrected chi connectivity index (χ2v) is 5.71. The Balaban J connectivity index is 1.67. The van der Waals surface area contributed by atoms with Gasteiger partial charge in [-0.15, -0.1) is 0 Å². The molecule has 0 aliphatic carbocycles. The Morgan fingerprint density at radius 3 is 3.05 bits per heavy atom. The van der Waals surface area contributed by atoms with Crippen LogP contribution in [0.2, 0.25) is 5.02 Å². The van der Waals surface area contributed by atoms with E-state index in [0.29, 0.717) is 31.1 Å². The number of hydrogen-bond donors (Lipinski definition) is 2. The third kappa shape index (κ3) is 4.88. The molecule has 1 heterocycles. The standard InChI is InChI=1S/C15H21ClN2O3/c1-18(15(20)14-9-12(19)10-17-14)6-3-7-21-13-5-2-4-11(16)8-13/h2,4-5,8,12,14,17,19H,3,6-7,9-10H2,1H3. The molecule has 2 unspecified atom stereocenters. The molecule has 1 saturated heterocycles. The molecule has 1 aromatic carbocycles. The number of likely N-dealkylation sites (N-methyl/N-ethyl adjacent to an activating group) is 1. The summed E-state index contributed by atoms with van der Waals surface area (Å²) in [5.41, 5.74) is 0. The lowest BCUT2D eigenvalue weighted by molar-refractivity contribution is -0.132. The van der Waals surface area contributed by atoms with Crippen LogP contribution in [0.5, 0.6) is 5.75 Å². The summed E-state index contributed by atoms with van der Waals surface area (Å²) in [6, 6.07) is 6.98. The number of carbonyl (C=O) groups excluding carboxylic acids is 1. The van der Waals surface area contributed by atoms with Gasteiger partial charge in [0.25, 0.3) is 0 Å². The molecular formula is C15H21ClN2O3. The summed E-state index contributed by atoms with van der Waals surface area (Å²) >= 11 is 5.87. The monoisotopic (exact) mass is 312 g/mol. The molecule has 2 N–H and O–H groups in total. The van der Waals surface area contributed by atoms with Gasteiger partial charge in [0.05, 0.1) is 18.8 Å². The molecule has 2 atom stereocenters. The quantitative estimate of drug-likeness (QED) is 0.777. The molecule has 116 valence electrons. The fraction of sp³-hybridized carbons (Fsp3) is 0.533. The Hall–Kier alpha value is -1.30. The van der Waals surface area contributed by atoms with Gasteiger partial charge in [0.2, 0.25) is 5.91 Å². The zero-order valence-corrected chi connectivity index (χ0v) is 12.8. The van der Waals surface area contributed by atoms with Crippen LogP contribution in [0.25, 0.3) is 0 Å². The summed E-state index contributed by atoms with van der Waals surface area (Å²) in [6.07, 6.45) is 0.810. The van der Waals surface area contributed by atoms with Gasteiger partial charge in [-0.1, -0.05) is 17.7 Å². The van der Waals surface area contributed by atoms with Crippen LogP contribution in [0.1, 0.15) is 12.8 Å². The minimum atomic E-state index is -0.418. The normalized spacial score (nSPS) is 21.3. The molecule has 5 nitrogen and oxygen atoms in total. The molecule has 6 heteroatoms. The van der Waals surface area contributed by atoms with Gasteiger partial charge in [-0.25, -0.2) is 0 Å². The van der Waals surface area contributed by atoms with Crippen LogP contribution >= 0.6 is 11.6 Å². The maximum atomic E-state index is 12.1. The first kappa shape index (κ1) is 16.1. The molecule has 1 aliphatic heterocycles. The highest BCUT2D eigenvalue weighted by Gasteiger charge is 2.29. The highest BCUT2D eigenvalue weighted by atomic mass is 35.5. The number of nitrogens with one attached hydrogen (secondary N) is 1. The molecule has 1 aromatic rings. The van der Waals surface area contributed by atoms with E-state index < -0.39 is 6.10 Å². The van der Waals surface area contributed by atoms with E-state index in [-0.39, 0.29) is 11.9 Å². The number of carbonyl (C=O) groups is 1. The predicted octanol–water partition coefficient (Wildman–Crippen LogP) is 1.29. The number of aliphatic hydroxyl groups excluding tert-OH is 1. The minimum Gasteiger partial charge on any atom is -0.493 e. The molecule has 0 radical (unpaired) electrons.